The second-order valence-corrected chi connectivity index (χ2v) is 7.53. The van der Waals surface area contributed by atoms with Crippen LogP contribution < -0.4 is 5.73 Å². The molecule has 4 heteroatoms. The lowest BCUT2D eigenvalue weighted by molar-refractivity contribution is 0.599. The molecule has 0 aliphatic rings. The fourth-order valence-corrected chi connectivity index (χ4v) is 3.54. The molecule has 0 aliphatic heterocycles. The van der Waals surface area contributed by atoms with Gasteiger partial charge in [0.25, 0.3) is 0 Å². The second-order valence-electron chi connectivity index (χ2n) is 5.57. The van der Waals surface area contributed by atoms with E-state index in [1.807, 2.05) is 12.1 Å². The largest absolute Gasteiger partial charge is 0.319 e. The topological polar surface area (TPSA) is 26.0 Å². The number of thiophene rings is 1. The van der Waals surface area contributed by atoms with Gasteiger partial charge < -0.3 is 5.73 Å². The first-order valence-electron chi connectivity index (χ1n) is 6.10. The van der Waals surface area contributed by atoms with Gasteiger partial charge in [0.1, 0.15) is 5.82 Å². The Labute approximate surface area is 125 Å². The zero-order valence-corrected chi connectivity index (χ0v) is 13.6. The third-order valence-electron chi connectivity index (χ3n) is 2.98. The fourth-order valence-electron chi connectivity index (χ4n) is 1.87. The summed E-state index contributed by atoms with van der Waals surface area (Å²) in [6.07, 6.45) is 0. The molecule has 1 heterocycles. The number of halogens is 2. The molecule has 0 aliphatic carbocycles. The SMILES string of the molecule is CC(C)(C)c1ccc(C(N)c2c(F)cccc2Br)s1. The summed E-state index contributed by atoms with van der Waals surface area (Å²) in [5, 5.41) is 0. The van der Waals surface area contributed by atoms with Gasteiger partial charge in [0, 0.05) is 19.8 Å². The van der Waals surface area contributed by atoms with Gasteiger partial charge in [0.05, 0.1) is 6.04 Å². The van der Waals surface area contributed by atoms with E-state index in [0.29, 0.717) is 10.0 Å². The number of hydrogen-bond acceptors (Lipinski definition) is 2. The summed E-state index contributed by atoms with van der Waals surface area (Å²) in [4.78, 5) is 2.24. The van der Waals surface area contributed by atoms with Gasteiger partial charge in [-0.15, -0.1) is 11.3 Å². The summed E-state index contributed by atoms with van der Waals surface area (Å²) in [6.45, 7) is 6.48. The zero-order valence-electron chi connectivity index (χ0n) is 11.2. The molecular weight excluding hydrogens is 325 g/mol. The Hall–Kier alpha value is -0.710. The van der Waals surface area contributed by atoms with Gasteiger partial charge in [-0.25, -0.2) is 4.39 Å². The lowest BCUT2D eigenvalue weighted by atomic mass is 9.95. The van der Waals surface area contributed by atoms with Crippen LogP contribution in [0.15, 0.2) is 34.8 Å². The molecule has 2 aromatic rings. The predicted molar refractivity (Wildman–Crippen MR) is 83.1 cm³/mol. The van der Waals surface area contributed by atoms with E-state index in [0.717, 1.165) is 4.88 Å². The molecule has 102 valence electrons. The molecule has 0 radical (unpaired) electrons. The summed E-state index contributed by atoms with van der Waals surface area (Å²) in [6, 6.07) is 8.57. The first kappa shape index (κ1) is 14.7. The van der Waals surface area contributed by atoms with E-state index >= 15 is 0 Å². The highest BCUT2D eigenvalue weighted by Crippen LogP contribution is 2.36. The van der Waals surface area contributed by atoms with Crippen molar-refractivity contribution in [3.63, 3.8) is 0 Å². The average molecular weight is 342 g/mol. The first-order chi connectivity index (χ1) is 8.80. The average Bonchev–Trinajstić information content (AvgIpc) is 2.77. The normalized spacial score (nSPS) is 13.6. The van der Waals surface area contributed by atoms with Crippen LogP contribution in [0.25, 0.3) is 0 Å². The highest BCUT2D eigenvalue weighted by atomic mass is 79.9. The molecule has 2 N–H and O–H groups in total. The van der Waals surface area contributed by atoms with E-state index in [1.165, 1.54) is 10.9 Å². The predicted octanol–water partition coefficient (Wildman–Crippen LogP) is 5.00. The van der Waals surface area contributed by atoms with Crippen molar-refractivity contribution in [2.45, 2.75) is 32.2 Å². The Morgan fingerprint density at radius 1 is 1.21 bits per heavy atom. The quantitative estimate of drug-likeness (QED) is 0.817. The molecule has 0 fully saturated rings. The molecule has 0 saturated carbocycles. The zero-order chi connectivity index (χ0) is 14.2. The van der Waals surface area contributed by atoms with Crippen molar-refractivity contribution in [3.8, 4) is 0 Å². The molecule has 1 unspecified atom stereocenters. The third-order valence-corrected chi connectivity index (χ3v) is 5.27. The van der Waals surface area contributed by atoms with Crippen LogP contribution in [0.1, 0.15) is 42.1 Å². The van der Waals surface area contributed by atoms with E-state index in [-0.39, 0.29) is 11.2 Å². The summed E-state index contributed by atoms with van der Waals surface area (Å²) < 4.78 is 14.6. The van der Waals surface area contributed by atoms with Crippen molar-refractivity contribution < 1.29 is 4.39 Å². The Kier molecular flexibility index (Phi) is 4.14. The van der Waals surface area contributed by atoms with Crippen LogP contribution in [-0.4, -0.2) is 0 Å². The molecule has 0 amide bonds. The van der Waals surface area contributed by atoms with Crippen molar-refractivity contribution in [1.29, 1.82) is 0 Å². The van der Waals surface area contributed by atoms with Crippen LogP contribution in [0, 0.1) is 5.82 Å². The lowest BCUT2D eigenvalue weighted by Crippen LogP contribution is -2.13. The van der Waals surface area contributed by atoms with Crippen LogP contribution in [0.2, 0.25) is 0 Å². The van der Waals surface area contributed by atoms with Crippen molar-refractivity contribution in [2.75, 3.05) is 0 Å². The van der Waals surface area contributed by atoms with Gasteiger partial charge in [0.15, 0.2) is 0 Å². The van der Waals surface area contributed by atoms with Gasteiger partial charge in [-0.05, 0) is 29.7 Å². The van der Waals surface area contributed by atoms with E-state index < -0.39 is 6.04 Å². The van der Waals surface area contributed by atoms with Gasteiger partial charge in [-0.1, -0.05) is 42.8 Å². The van der Waals surface area contributed by atoms with Crippen LogP contribution in [0.5, 0.6) is 0 Å². The van der Waals surface area contributed by atoms with Crippen LogP contribution in [0.4, 0.5) is 4.39 Å². The van der Waals surface area contributed by atoms with Crippen LogP contribution in [-0.2, 0) is 5.41 Å². The summed E-state index contributed by atoms with van der Waals surface area (Å²) in [5.41, 5.74) is 6.83. The van der Waals surface area contributed by atoms with Crippen molar-refractivity contribution in [1.82, 2.24) is 0 Å². The second kappa shape index (κ2) is 5.35. The van der Waals surface area contributed by atoms with Crippen LogP contribution in [0.3, 0.4) is 0 Å². The van der Waals surface area contributed by atoms with Gasteiger partial charge in [-0.3, -0.25) is 0 Å². The molecule has 1 nitrogen and oxygen atoms in total. The maximum atomic E-state index is 13.9. The molecule has 0 bridgehead atoms. The number of hydrogen-bond donors (Lipinski definition) is 1. The minimum atomic E-state index is -0.434. The molecule has 0 spiro atoms. The Morgan fingerprint density at radius 3 is 2.42 bits per heavy atom. The van der Waals surface area contributed by atoms with E-state index in [2.05, 4.69) is 42.8 Å². The first-order valence-corrected chi connectivity index (χ1v) is 7.71. The standard InChI is InChI=1S/C15H17BrFNS/c1-15(2,3)12-8-7-11(19-12)14(18)13-9(16)5-4-6-10(13)17/h4-8,14H,18H2,1-3H3. The molecule has 1 aromatic carbocycles. The smallest absolute Gasteiger partial charge is 0.129 e. The third kappa shape index (κ3) is 3.07. The number of rotatable bonds is 2. The Bertz CT molecular complexity index is 566. The minimum absolute atomic E-state index is 0.0924. The Balaban J connectivity index is 2.40. The molecular formula is C15H17BrFNS. The molecule has 0 saturated heterocycles. The monoisotopic (exact) mass is 341 g/mol. The maximum Gasteiger partial charge on any atom is 0.129 e. The molecule has 1 atom stereocenters. The van der Waals surface area contributed by atoms with E-state index in [9.17, 15) is 4.39 Å². The van der Waals surface area contributed by atoms with Gasteiger partial charge in [-0.2, -0.15) is 0 Å². The van der Waals surface area contributed by atoms with E-state index in [4.69, 9.17) is 5.73 Å². The van der Waals surface area contributed by atoms with Gasteiger partial charge in [0.2, 0.25) is 0 Å². The van der Waals surface area contributed by atoms with Crippen molar-refractivity contribution in [3.05, 3.63) is 55.9 Å². The van der Waals surface area contributed by atoms with Crippen molar-refractivity contribution in [2.24, 2.45) is 5.73 Å². The lowest BCUT2D eigenvalue weighted by Gasteiger charge is -2.16. The molecule has 19 heavy (non-hydrogen) atoms. The maximum absolute atomic E-state index is 13.9. The Morgan fingerprint density at radius 2 is 1.89 bits per heavy atom. The summed E-state index contributed by atoms with van der Waals surface area (Å²) in [7, 11) is 0. The summed E-state index contributed by atoms with van der Waals surface area (Å²) >= 11 is 5.02. The van der Waals surface area contributed by atoms with E-state index in [1.54, 1.807) is 17.4 Å². The molecule has 1 aromatic heterocycles. The van der Waals surface area contributed by atoms with Crippen LogP contribution >= 0.6 is 27.3 Å². The number of nitrogens with two attached hydrogens (primary N) is 1. The highest BCUT2D eigenvalue weighted by Gasteiger charge is 2.21. The fraction of sp³-hybridized carbons (Fsp3) is 0.333. The number of benzene rings is 1. The molecule has 2 rings (SSSR count). The van der Waals surface area contributed by atoms with Gasteiger partial charge >= 0.3 is 0 Å². The highest BCUT2D eigenvalue weighted by molar-refractivity contribution is 9.10. The summed E-state index contributed by atoms with van der Waals surface area (Å²) in [5.74, 6) is -0.271. The minimum Gasteiger partial charge on any atom is -0.319 e. The van der Waals surface area contributed by atoms with Crippen molar-refractivity contribution >= 4 is 27.3 Å².